The Morgan fingerprint density at radius 2 is 1.93 bits per heavy atom. The van der Waals surface area contributed by atoms with Gasteiger partial charge in [0.1, 0.15) is 5.75 Å². The van der Waals surface area contributed by atoms with E-state index in [0.717, 1.165) is 17.7 Å². The third-order valence-corrected chi connectivity index (χ3v) is 2.35. The van der Waals surface area contributed by atoms with Gasteiger partial charge >= 0.3 is 0 Å². The molecular formula is C12H13NO. The molecule has 0 fully saturated rings. The van der Waals surface area contributed by atoms with E-state index in [4.69, 9.17) is 0 Å². The molecule has 0 radical (unpaired) electrons. The number of phenolic OH excluding ortho intramolecular Hbond substituents is 1. The maximum Gasteiger partial charge on any atom is 0.118 e. The summed E-state index contributed by atoms with van der Waals surface area (Å²) in [6.07, 6.45) is 4.83. The van der Waals surface area contributed by atoms with Gasteiger partial charge in [0.2, 0.25) is 0 Å². The van der Waals surface area contributed by atoms with Gasteiger partial charge in [-0.15, -0.1) is 0 Å². The number of nitrogens with zero attached hydrogens (tertiary/aromatic N) is 1. The lowest BCUT2D eigenvalue weighted by molar-refractivity contribution is 0.469. The zero-order valence-corrected chi connectivity index (χ0v) is 8.14. The van der Waals surface area contributed by atoms with E-state index in [9.17, 15) is 5.11 Å². The first-order valence-corrected chi connectivity index (χ1v) is 4.76. The lowest BCUT2D eigenvalue weighted by Gasteiger charge is -2.06. The molecule has 2 aromatic rings. The fraction of sp³-hybridized carbons (Fsp3) is 0.167. The molecule has 0 aliphatic heterocycles. The molecule has 0 unspecified atom stereocenters. The lowest BCUT2D eigenvalue weighted by atomic mass is 10.1. The highest BCUT2D eigenvalue weighted by atomic mass is 16.3. The van der Waals surface area contributed by atoms with E-state index < -0.39 is 0 Å². The molecule has 0 aliphatic rings. The Hall–Kier alpha value is -1.70. The molecule has 0 saturated heterocycles. The van der Waals surface area contributed by atoms with Crippen LogP contribution in [0, 0.1) is 0 Å². The molecule has 1 aromatic carbocycles. The Labute approximate surface area is 83.4 Å². The van der Waals surface area contributed by atoms with Crippen molar-refractivity contribution in [3.63, 3.8) is 0 Å². The van der Waals surface area contributed by atoms with Crippen molar-refractivity contribution in [3.8, 4) is 11.4 Å². The number of hydrogen-bond donors (Lipinski definition) is 1. The summed E-state index contributed by atoms with van der Waals surface area (Å²) in [5.74, 6) is 0.378. The maximum absolute atomic E-state index is 9.52. The van der Waals surface area contributed by atoms with Crippen molar-refractivity contribution in [2.24, 2.45) is 0 Å². The molecule has 14 heavy (non-hydrogen) atoms. The van der Waals surface area contributed by atoms with E-state index in [-0.39, 0.29) is 0 Å². The number of aromatic hydroxyl groups is 1. The quantitative estimate of drug-likeness (QED) is 0.768. The minimum Gasteiger partial charge on any atom is -0.508 e. The second kappa shape index (κ2) is 3.58. The summed E-state index contributed by atoms with van der Waals surface area (Å²) in [5, 5.41) is 9.52. The summed E-state index contributed by atoms with van der Waals surface area (Å²) in [6.45, 7) is 2.04. The second-order valence-electron chi connectivity index (χ2n) is 3.26. The molecule has 0 aliphatic carbocycles. The van der Waals surface area contributed by atoms with E-state index in [1.807, 2.05) is 48.1 Å². The van der Waals surface area contributed by atoms with Crippen LogP contribution >= 0.6 is 0 Å². The van der Waals surface area contributed by atoms with E-state index in [2.05, 4.69) is 0 Å². The summed E-state index contributed by atoms with van der Waals surface area (Å²) < 4.78 is 2.03. The van der Waals surface area contributed by atoms with Crippen molar-refractivity contribution < 1.29 is 5.11 Å². The number of aryl methyl sites for hydroxylation is 1. The van der Waals surface area contributed by atoms with E-state index in [1.54, 1.807) is 6.07 Å². The predicted octanol–water partition coefficient (Wildman–Crippen LogP) is 2.75. The number of benzene rings is 1. The molecule has 0 spiro atoms. The van der Waals surface area contributed by atoms with Crippen LogP contribution < -0.4 is 0 Å². The van der Waals surface area contributed by atoms with Gasteiger partial charge < -0.3 is 9.67 Å². The summed E-state index contributed by atoms with van der Waals surface area (Å²) in [6, 6.07) is 9.63. The number of phenols is 1. The van der Waals surface area contributed by atoms with E-state index in [0.29, 0.717) is 5.75 Å². The Balaban J connectivity index is 2.46. The molecule has 0 atom stereocenters. The average Bonchev–Trinajstić information content (AvgIpc) is 2.71. The first kappa shape index (κ1) is 8.88. The zero-order valence-electron chi connectivity index (χ0n) is 8.14. The van der Waals surface area contributed by atoms with Crippen molar-refractivity contribution in [2.45, 2.75) is 13.3 Å². The SMILES string of the molecule is CCc1cc(-n2cccc2)ccc1O. The van der Waals surface area contributed by atoms with Gasteiger partial charge in [-0.3, -0.25) is 0 Å². The van der Waals surface area contributed by atoms with Gasteiger partial charge in [-0.25, -0.2) is 0 Å². The molecule has 1 heterocycles. The van der Waals surface area contributed by atoms with Crippen LogP contribution in [0.25, 0.3) is 5.69 Å². The molecular weight excluding hydrogens is 174 g/mol. The summed E-state index contributed by atoms with van der Waals surface area (Å²) in [5.41, 5.74) is 2.07. The van der Waals surface area contributed by atoms with Gasteiger partial charge in [-0.05, 0) is 42.3 Å². The molecule has 0 saturated carbocycles. The highest BCUT2D eigenvalue weighted by Gasteiger charge is 2.01. The Morgan fingerprint density at radius 1 is 1.21 bits per heavy atom. The summed E-state index contributed by atoms with van der Waals surface area (Å²) >= 11 is 0. The topological polar surface area (TPSA) is 25.2 Å². The predicted molar refractivity (Wildman–Crippen MR) is 56.8 cm³/mol. The van der Waals surface area contributed by atoms with Crippen molar-refractivity contribution in [1.82, 2.24) is 4.57 Å². The zero-order chi connectivity index (χ0) is 9.97. The van der Waals surface area contributed by atoms with Crippen molar-refractivity contribution >= 4 is 0 Å². The smallest absolute Gasteiger partial charge is 0.118 e. The number of hydrogen-bond acceptors (Lipinski definition) is 1. The Bertz CT molecular complexity index is 418. The molecule has 1 aromatic heterocycles. The largest absolute Gasteiger partial charge is 0.508 e. The summed E-state index contributed by atoms with van der Waals surface area (Å²) in [7, 11) is 0. The lowest BCUT2D eigenvalue weighted by Crippen LogP contribution is -1.91. The highest BCUT2D eigenvalue weighted by molar-refractivity contribution is 5.43. The first-order chi connectivity index (χ1) is 6.81. The van der Waals surface area contributed by atoms with Crippen LogP contribution in [-0.4, -0.2) is 9.67 Å². The average molecular weight is 187 g/mol. The van der Waals surface area contributed by atoms with Gasteiger partial charge in [0.15, 0.2) is 0 Å². The first-order valence-electron chi connectivity index (χ1n) is 4.76. The minimum absolute atomic E-state index is 0.378. The van der Waals surface area contributed by atoms with E-state index in [1.165, 1.54) is 0 Å². The van der Waals surface area contributed by atoms with Crippen LogP contribution in [-0.2, 0) is 6.42 Å². The fourth-order valence-electron chi connectivity index (χ4n) is 1.52. The molecule has 0 bridgehead atoms. The van der Waals surface area contributed by atoms with Gasteiger partial charge in [0.05, 0.1) is 0 Å². The number of rotatable bonds is 2. The van der Waals surface area contributed by atoms with Gasteiger partial charge in [-0.1, -0.05) is 6.92 Å². The maximum atomic E-state index is 9.52. The van der Waals surface area contributed by atoms with Gasteiger partial charge in [-0.2, -0.15) is 0 Å². The van der Waals surface area contributed by atoms with Crippen LogP contribution in [0.2, 0.25) is 0 Å². The molecule has 2 heteroatoms. The molecule has 1 N–H and O–H groups in total. The van der Waals surface area contributed by atoms with Crippen LogP contribution in [0.5, 0.6) is 5.75 Å². The number of aromatic nitrogens is 1. The van der Waals surface area contributed by atoms with Crippen LogP contribution in [0.15, 0.2) is 42.7 Å². The van der Waals surface area contributed by atoms with Gasteiger partial charge in [0, 0.05) is 18.1 Å². The van der Waals surface area contributed by atoms with E-state index >= 15 is 0 Å². The molecule has 0 amide bonds. The third kappa shape index (κ3) is 1.51. The third-order valence-electron chi connectivity index (χ3n) is 2.35. The monoisotopic (exact) mass is 187 g/mol. The fourth-order valence-corrected chi connectivity index (χ4v) is 1.52. The Morgan fingerprint density at radius 3 is 2.57 bits per heavy atom. The van der Waals surface area contributed by atoms with Crippen molar-refractivity contribution in [2.75, 3.05) is 0 Å². The van der Waals surface area contributed by atoms with Crippen LogP contribution in [0.4, 0.5) is 0 Å². The molecule has 2 nitrogen and oxygen atoms in total. The van der Waals surface area contributed by atoms with Crippen molar-refractivity contribution in [3.05, 3.63) is 48.3 Å². The van der Waals surface area contributed by atoms with Crippen LogP contribution in [0.3, 0.4) is 0 Å². The molecule has 72 valence electrons. The molecule has 2 rings (SSSR count). The summed E-state index contributed by atoms with van der Waals surface area (Å²) in [4.78, 5) is 0. The van der Waals surface area contributed by atoms with Crippen LogP contribution in [0.1, 0.15) is 12.5 Å². The Kier molecular flexibility index (Phi) is 2.27. The normalized spacial score (nSPS) is 10.4. The standard InChI is InChI=1S/C12H13NO/c1-2-10-9-11(5-6-12(10)14)13-7-3-4-8-13/h3-9,14H,2H2,1H3. The van der Waals surface area contributed by atoms with Gasteiger partial charge in [0.25, 0.3) is 0 Å². The highest BCUT2D eigenvalue weighted by Crippen LogP contribution is 2.21. The second-order valence-corrected chi connectivity index (χ2v) is 3.26. The van der Waals surface area contributed by atoms with Crippen molar-refractivity contribution in [1.29, 1.82) is 0 Å². The minimum atomic E-state index is 0.378.